The third-order valence-electron chi connectivity index (χ3n) is 3.47. The van der Waals surface area contributed by atoms with Gasteiger partial charge in [0.05, 0.1) is 0 Å². The minimum atomic E-state index is 0.0148. The maximum atomic E-state index is 12.7. The number of anilines is 1. The first kappa shape index (κ1) is 15.3. The summed E-state index contributed by atoms with van der Waals surface area (Å²) < 4.78 is 0. The van der Waals surface area contributed by atoms with Crippen molar-refractivity contribution in [1.29, 1.82) is 0 Å². The molecule has 4 heteroatoms. The van der Waals surface area contributed by atoms with Crippen molar-refractivity contribution in [3.8, 4) is 0 Å². The highest BCUT2D eigenvalue weighted by molar-refractivity contribution is 6.00. The zero-order valence-electron chi connectivity index (χ0n) is 13.0. The fourth-order valence-corrected chi connectivity index (χ4v) is 2.52. The van der Waals surface area contributed by atoms with E-state index in [0.717, 1.165) is 42.5 Å². The molecular weight excluding hydrogens is 262 g/mol. The van der Waals surface area contributed by atoms with E-state index < -0.39 is 0 Å². The highest BCUT2D eigenvalue weighted by atomic mass is 16.2. The number of pyridine rings is 1. The van der Waals surface area contributed by atoms with Crippen molar-refractivity contribution in [3.05, 3.63) is 36.0 Å². The van der Waals surface area contributed by atoms with E-state index in [1.807, 2.05) is 42.3 Å². The van der Waals surface area contributed by atoms with E-state index in [9.17, 15) is 4.79 Å². The van der Waals surface area contributed by atoms with Crippen LogP contribution in [0.3, 0.4) is 0 Å². The smallest absolute Gasteiger partial charge is 0.272 e. The molecule has 2 rings (SSSR count). The van der Waals surface area contributed by atoms with Crippen molar-refractivity contribution >= 4 is 22.5 Å². The molecule has 1 N–H and O–H groups in total. The number of aromatic nitrogens is 1. The third kappa shape index (κ3) is 3.32. The molecule has 1 heterocycles. The molecule has 0 aliphatic heterocycles. The maximum Gasteiger partial charge on any atom is 0.272 e. The Balaban J connectivity index is 2.43. The first-order valence-corrected chi connectivity index (χ1v) is 7.58. The molecule has 0 aliphatic carbocycles. The number of nitrogens with zero attached hydrogens (tertiary/aromatic N) is 2. The van der Waals surface area contributed by atoms with Crippen LogP contribution in [0.4, 0.5) is 5.82 Å². The third-order valence-corrected chi connectivity index (χ3v) is 3.47. The summed E-state index contributed by atoms with van der Waals surface area (Å²) in [6, 6.07) is 9.87. The monoisotopic (exact) mass is 285 g/mol. The van der Waals surface area contributed by atoms with Gasteiger partial charge in [0.1, 0.15) is 11.5 Å². The van der Waals surface area contributed by atoms with Gasteiger partial charge in [-0.05, 0) is 24.3 Å². The molecule has 0 aliphatic rings. The maximum absolute atomic E-state index is 12.7. The number of amides is 1. The van der Waals surface area contributed by atoms with Crippen LogP contribution in [-0.2, 0) is 0 Å². The van der Waals surface area contributed by atoms with Gasteiger partial charge in [0, 0.05) is 25.5 Å². The molecule has 1 amide bonds. The van der Waals surface area contributed by atoms with Crippen LogP contribution in [0.25, 0.3) is 10.8 Å². The average molecular weight is 285 g/mol. The zero-order valence-corrected chi connectivity index (χ0v) is 13.0. The number of fused-ring (bicyclic) bond motifs is 1. The van der Waals surface area contributed by atoms with Gasteiger partial charge in [0.2, 0.25) is 0 Å². The minimum absolute atomic E-state index is 0.0148. The molecule has 0 radical (unpaired) electrons. The molecular formula is C17H23N3O. The largest absolute Gasteiger partial charge is 0.373 e. The van der Waals surface area contributed by atoms with Crippen LogP contribution in [0.15, 0.2) is 30.3 Å². The lowest BCUT2D eigenvalue weighted by Crippen LogP contribution is -2.33. The van der Waals surface area contributed by atoms with E-state index in [1.54, 1.807) is 0 Å². The zero-order chi connectivity index (χ0) is 15.2. The Bertz CT molecular complexity index is 618. The highest BCUT2D eigenvalue weighted by Crippen LogP contribution is 2.22. The highest BCUT2D eigenvalue weighted by Gasteiger charge is 2.17. The summed E-state index contributed by atoms with van der Waals surface area (Å²) in [6.07, 6.45) is 1.91. The fraction of sp³-hybridized carbons (Fsp3) is 0.412. The van der Waals surface area contributed by atoms with Crippen LogP contribution in [0.2, 0.25) is 0 Å². The lowest BCUT2D eigenvalue weighted by molar-refractivity contribution is 0.0750. The van der Waals surface area contributed by atoms with Crippen LogP contribution < -0.4 is 5.32 Å². The Hall–Kier alpha value is -2.10. The second-order valence-electron chi connectivity index (χ2n) is 5.12. The van der Waals surface area contributed by atoms with E-state index in [4.69, 9.17) is 0 Å². The lowest BCUT2D eigenvalue weighted by Gasteiger charge is -2.21. The Labute approximate surface area is 126 Å². The molecule has 1 aromatic heterocycles. The van der Waals surface area contributed by atoms with Crippen molar-refractivity contribution < 1.29 is 4.79 Å². The first-order chi connectivity index (χ1) is 10.2. The molecule has 21 heavy (non-hydrogen) atoms. The Morgan fingerprint density at radius 2 is 1.86 bits per heavy atom. The standard InChI is InChI=1S/C17H23N3O/c1-4-10-20(11-5-2)17(21)15-12-13-8-6-7-9-14(13)16(18-3)19-15/h6-9,12H,4-5,10-11H2,1-3H3,(H,18,19). The average Bonchev–Trinajstić information content (AvgIpc) is 2.52. The van der Waals surface area contributed by atoms with Crippen LogP contribution >= 0.6 is 0 Å². The first-order valence-electron chi connectivity index (χ1n) is 7.58. The number of benzene rings is 1. The van der Waals surface area contributed by atoms with Gasteiger partial charge >= 0.3 is 0 Å². The van der Waals surface area contributed by atoms with Gasteiger partial charge < -0.3 is 10.2 Å². The molecule has 0 bridgehead atoms. The van der Waals surface area contributed by atoms with Crippen molar-refractivity contribution in [2.75, 3.05) is 25.5 Å². The summed E-state index contributed by atoms with van der Waals surface area (Å²) in [7, 11) is 1.83. The van der Waals surface area contributed by atoms with Crippen LogP contribution in [0.1, 0.15) is 37.2 Å². The lowest BCUT2D eigenvalue weighted by atomic mass is 10.1. The number of hydrogen-bond donors (Lipinski definition) is 1. The van der Waals surface area contributed by atoms with E-state index in [2.05, 4.69) is 24.1 Å². The van der Waals surface area contributed by atoms with Crippen LogP contribution in [0, 0.1) is 0 Å². The Morgan fingerprint density at radius 3 is 2.48 bits per heavy atom. The van der Waals surface area contributed by atoms with Gasteiger partial charge in [-0.1, -0.05) is 38.1 Å². The predicted molar refractivity (Wildman–Crippen MR) is 87.8 cm³/mol. The molecule has 0 saturated carbocycles. The molecule has 0 fully saturated rings. The normalized spacial score (nSPS) is 10.6. The number of carbonyl (C=O) groups is 1. The van der Waals surface area contributed by atoms with Crippen molar-refractivity contribution in [1.82, 2.24) is 9.88 Å². The summed E-state index contributed by atoms with van der Waals surface area (Å²) in [5.41, 5.74) is 0.514. The molecule has 4 nitrogen and oxygen atoms in total. The van der Waals surface area contributed by atoms with Crippen LogP contribution in [0.5, 0.6) is 0 Å². The van der Waals surface area contributed by atoms with Crippen molar-refractivity contribution in [2.45, 2.75) is 26.7 Å². The number of hydrogen-bond acceptors (Lipinski definition) is 3. The van der Waals surface area contributed by atoms with Gasteiger partial charge in [0.25, 0.3) is 5.91 Å². The van der Waals surface area contributed by atoms with Gasteiger partial charge in [-0.25, -0.2) is 4.98 Å². The summed E-state index contributed by atoms with van der Waals surface area (Å²) in [4.78, 5) is 19.1. The van der Waals surface area contributed by atoms with Gasteiger partial charge in [-0.2, -0.15) is 0 Å². The second-order valence-corrected chi connectivity index (χ2v) is 5.12. The topological polar surface area (TPSA) is 45.2 Å². The van der Waals surface area contributed by atoms with Gasteiger partial charge in [-0.3, -0.25) is 4.79 Å². The summed E-state index contributed by atoms with van der Waals surface area (Å²) in [6.45, 7) is 5.72. The Morgan fingerprint density at radius 1 is 1.19 bits per heavy atom. The fourth-order valence-electron chi connectivity index (χ4n) is 2.52. The van der Waals surface area contributed by atoms with Crippen molar-refractivity contribution in [3.63, 3.8) is 0 Å². The molecule has 2 aromatic rings. The summed E-state index contributed by atoms with van der Waals surface area (Å²) in [5, 5.41) is 5.16. The second kappa shape index (κ2) is 7.07. The number of rotatable bonds is 6. The molecule has 1 aromatic carbocycles. The SMILES string of the molecule is CCCN(CCC)C(=O)c1cc2ccccc2c(NC)n1. The molecule has 0 spiro atoms. The Kier molecular flexibility index (Phi) is 5.14. The summed E-state index contributed by atoms with van der Waals surface area (Å²) in [5.74, 6) is 0.769. The van der Waals surface area contributed by atoms with Crippen molar-refractivity contribution in [2.24, 2.45) is 0 Å². The van der Waals surface area contributed by atoms with Crippen LogP contribution in [-0.4, -0.2) is 35.9 Å². The molecule has 0 atom stereocenters. The number of carbonyl (C=O) groups excluding carboxylic acids is 1. The van der Waals surface area contributed by atoms with E-state index >= 15 is 0 Å². The molecule has 0 unspecified atom stereocenters. The predicted octanol–water partition coefficient (Wildman–Crippen LogP) is 3.54. The van der Waals surface area contributed by atoms with Gasteiger partial charge in [-0.15, -0.1) is 0 Å². The minimum Gasteiger partial charge on any atom is -0.373 e. The molecule has 112 valence electrons. The van der Waals surface area contributed by atoms with Gasteiger partial charge in [0.15, 0.2) is 0 Å². The van der Waals surface area contributed by atoms with E-state index in [-0.39, 0.29) is 5.91 Å². The quantitative estimate of drug-likeness (QED) is 0.883. The molecule has 0 saturated heterocycles. The number of nitrogens with one attached hydrogen (secondary N) is 1. The summed E-state index contributed by atoms with van der Waals surface area (Å²) >= 11 is 0. The van der Waals surface area contributed by atoms with E-state index in [1.165, 1.54) is 0 Å². The van der Waals surface area contributed by atoms with E-state index in [0.29, 0.717) is 5.69 Å².